The second-order valence-electron chi connectivity index (χ2n) is 4.52. The van der Waals surface area contributed by atoms with E-state index in [1.165, 1.54) is 11.1 Å². The van der Waals surface area contributed by atoms with Crippen molar-refractivity contribution >= 4 is 11.3 Å². The summed E-state index contributed by atoms with van der Waals surface area (Å²) in [5, 5.41) is 8.00. The van der Waals surface area contributed by atoms with Crippen molar-refractivity contribution in [3.8, 4) is 0 Å². The Labute approximate surface area is 113 Å². The summed E-state index contributed by atoms with van der Waals surface area (Å²) >= 11 is 1.76. The highest BCUT2D eigenvalue weighted by molar-refractivity contribution is 7.07. The van der Waals surface area contributed by atoms with Crippen molar-refractivity contribution in [2.45, 2.75) is 32.7 Å². The van der Waals surface area contributed by atoms with Crippen LogP contribution in [0.5, 0.6) is 0 Å². The van der Waals surface area contributed by atoms with E-state index in [2.05, 4.69) is 47.0 Å². The van der Waals surface area contributed by atoms with E-state index in [-0.39, 0.29) is 0 Å². The van der Waals surface area contributed by atoms with Gasteiger partial charge in [-0.3, -0.25) is 4.98 Å². The van der Waals surface area contributed by atoms with Crippen molar-refractivity contribution in [2.75, 3.05) is 6.54 Å². The third kappa shape index (κ3) is 3.40. The van der Waals surface area contributed by atoms with Crippen molar-refractivity contribution in [1.29, 1.82) is 0 Å². The first-order chi connectivity index (χ1) is 8.81. The van der Waals surface area contributed by atoms with Crippen LogP contribution in [0.25, 0.3) is 0 Å². The van der Waals surface area contributed by atoms with E-state index in [0.29, 0.717) is 6.04 Å². The highest BCUT2D eigenvalue weighted by atomic mass is 32.1. The van der Waals surface area contributed by atoms with Crippen molar-refractivity contribution in [2.24, 2.45) is 0 Å². The van der Waals surface area contributed by atoms with Crippen LogP contribution in [0.2, 0.25) is 0 Å². The number of thiophene rings is 1. The van der Waals surface area contributed by atoms with E-state index in [1.54, 1.807) is 11.3 Å². The van der Waals surface area contributed by atoms with Crippen LogP contribution >= 0.6 is 11.3 Å². The predicted octanol–water partition coefficient (Wildman–Crippen LogP) is 3.73. The summed E-state index contributed by atoms with van der Waals surface area (Å²) in [4.78, 5) is 4.40. The summed E-state index contributed by atoms with van der Waals surface area (Å²) in [5.74, 6) is 0. The van der Waals surface area contributed by atoms with Gasteiger partial charge >= 0.3 is 0 Å². The Morgan fingerprint density at radius 2 is 2.28 bits per heavy atom. The summed E-state index contributed by atoms with van der Waals surface area (Å²) in [6.45, 7) is 5.33. The van der Waals surface area contributed by atoms with Crippen molar-refractivity contribution < 1.29 is 0 Å². The molecule has 1 atom stereocenters. The smallest absolute Gasteiger partial charge is 0.0420 e. The lowest BCUT2D eigenvalue weighted by Gasteiger charge is -2.20. The predicted molar refractivity (Wildman–Crippen MR) is 78.0 cm³/mol. The van der Waals surface area contributed by atoms with Crippen molar-refractivity contribution in [3.63, 3.8) is 0 Å². The van der Waals surface area contributed by atoms with Gasteiger partial charge in [-0.15, -0.1) is 0 Å². The van der Waals surface area contributed by atoms with Crippen LogP contribution in [0, 0.1) is 6.92 Å². The number of nitrogens with zero attached hydrogens (tertiary/aromatic N) is 1. The zero-order valence-corrected chi connectivity index (χ0v) is 11.8. The Morgan fingerprint density at radius 3 is 2.94 bits per heavy atom. The molecule has 0 aromatic carbocycles. The topological polar surface area (TPSA) is 24.9 Å². The minimum absolute atomic E-state index is 0.369. The number of hydrogen-bond acceptors (Lipinski definition) is 3. The minimum atomic E-state index is 0.369. The van der Waals surface area contributed by atoms with Gasteiger partial charge in [0, 0.05) is 17.9 Å². The molecular weight excluding hydrogens is 240 g/mol. The second kappa shape index (κ2) is 6.66. The molecule has 2 aromatic heterocycles. The van der Waals surface area contributed by atoms with Gasteiger partial charge in [-0.25, -0.2) is 0 Å². The standard InChI is InChI=1S/C15H20N2S/c1-3-7-17-15(10-13-6-9-18-11-13)14-5-4-8-16-12(14)2/h4-6,8-9,11,15,17H,3,7,10H2,1-2H3. The number of pyridine rings is 1. The van der Waals surface area contributed by atoms with Gasteiger partial charge in [0.15, 0.2) is 0 Å². The number of rotatable bonds is 6. The first-order valence-corrected chi connectivity index (χ1v) is 7.41. The molecule has 1 unspecified atom stereocenters. The summed E-state index contributed by atoms with van der Waals surface area (Å²) in [5.41, 5.74) is 3.84. The molecule has 2 nitrogen and oxygen atoms in total. The molecule has 0 bridgehead atoms. The van der Waals surface area contributed by atoms with E-state index < -0.39 is 0 Å². The molecule has 2 rings (SSSR count). The number of aromatic nitrogens is 1. The number of nitrogens with one attached hydrogen (secondary N) is 1. The van der Waals surface area contributed by atoms with E-state index >= 15 is 0 Å². The van der Waals surface area contributed by atoms with E-state index in [1.807, 2.05) is 12.3 Å². The van der Waals surface area contributed by atoms with Crippen molar-refractivity contribution in [3.05, 3.63) is 52.0 Å². The molecule has 0 fully saturated rings. The SMILES string of the molecule is CCCNC(Cc1ccsc1)c1cccnc1C. The lowest BCUT2D eigenvalue weighted by atomic mass is 9.99. The largest absolute Gasteiger partial charge is 0.310 e. The Bertz CT molecular complexity index is 465. The number of hydrogen-bond donors (Lipinski definition) is 1. The van der Waals surface area contributed by atoms with Gasteiger partial charge in [-0.2, -0.15) is 11.3 Å². The lowest BCUT2D eigenvalue weighted by Crippen LogP contribution is -2.24. The molecule has 0 aliphatic heterocycles. The average molecular weight is 260 g/mol. The molecular formula is C15H20N2S. The molecule has 0 saturated carbocycles. The minimum Gasteiger partial charge on any atom is -0.310 e. The maximum atomic E-state index is 4.40. The fourth-order valence-electron chi connectivity index (χ4n) is 2.12. The van der Waals surface area contributed by atoms with E-state index in [4.69, 9.17) is 0 Å². The van der Waals surface area contributed by atoms with Crippen LogP contribution in [0.4, 0.5) is 0 Å². The Morgan fingerprint density at radius 1 is 1.39 bits per heavy atom. The molecule has 96 valence electrons. The molecule has 0 amide bonds. The molecule has 0 aliphatic carbocycles. The normalized spacial score (nSPS) is 12.6. The molecule has 3 heteroatoms. The average Bonchev–Trinajstić information content (AvgIpc) is 2.88. The highest BCUT2D eigenvalue weighted by Gasteiger charge is 2.14. The molecule has 0 radical (unpaired) electrons. The third-order valence-corrected chi connectivity index (χ3v) is 3.82. The fraction of sp³-hybridized carbons (Fsp3) is 0.400. The monoisotopic (exact) mass is 260 g/mol. The Hall–Kier alpha value is -1.19. The summed E-state index contributed by atoms with van der Waals surface area (Å²) in [6.07, 6.45) is 4.05. The number of aryl methyl sites for hydroxylation is 1. The first-order valence-electron chi connectivity index (χ1n) is 6.47. The van der Waals surface area contributed by atoms with Gasteiger partial charge in [-0.05, 0) is 60.3 Å². The van der Waals surface area contributed by atoms with Gasteiger partial charge in [0.2, 0.25) is 0 Å². The Kier molecular flexibility index (Phi) is 4.90. The maximum absolute atomic E-state index is 4.40. The zero-order chi connectivity index (χ0) is 12.8. The van der Waals surface area contributed by atoms with Gasteiger partial charge in [0.1, 0.15) is 0 Å². The fourth-order valence-corrected chi connectivity index (χ4v) is 2.80. The van der Waals surface area contributed by atoms with Gasteiger partial charge < -0.3 is 5.32 Å². The third-order valence-electron chi connectivity index (χ3n) is 3.08. The van der Waals surface area contributed by atoms with Crippen LogP contribution in [0.15, 0.2) is 35.2 Å². The maximum Gasteiger partial charge on any atom is 0.0420 e. The first kappa shape index (κ1) is 13.2. The summed E-state index contributed by atoms with van der Waals surface area (Å²) in [6, 6.07) is 6.78. The molecule has 2 aromatic rings. The van der Waals surface area contributed by atoms with E-state index in [9.17, 15) is 0 Å². The zero-order valence-electron chi connectivity index (χ0n) is 11.0. The molecule has 1 N–H and O–H groups in total. The van der Waals surface area contributed by atoms with Crippen LogP contribution < -0.4 is 5.32 Å². The highest BCUT2D eigenvalue weighted by Crippen LogP contribution is 2.21. The molecule has 0 aliphatic rings. The van der Waals surface area contributed by atoms with Gasteiger partial charge in [0.05, 0.1) is 0 Å². The van der Waals surface area contributed by atoms with Crippen molar-refractivity contribution in [1.82, 2.24) is 10.3 Å². The molecule has 18 heavy (non-hydrogen) atoms. The molecule has 2 heterocycles. The van der Waals surface area contributed by atoms with Crippen LogP contribution in [-0.2, 0) is 6.42 Å². The van der Waals surface area contributed by atoms with Gasteiger partial charge in [-0.1, -0.05) is 13.0 Å². The second-order valence-corrected chi connectivity index (χ2v) is 5.30. The quantitative estimate of drug-likeness (QED) is 0.856. The molecule has 0 saturated heterocycles. The molecule has 0 spiro atoms. The summed E-state index contributed by atoms with van der Waals surface area (Å²) < 4.78 is 0. The van der Waals surface area contributed by atoms with Crippen LogP contribution in [-0.4, -0.2) is 11.5 Å². The lowest BCUT2D eigenvalue weighted by molar-refractivity contribution is 0.526. The summed E-state index contributed by atoms with van der Waals surface area (Å²) in [7, 11) is 0. The van der Waals surface area contributed by atoms with E-state index in [0.717, 1.165) is 25.1 Å². The Balaban J connectivity index is 2.16. The van der Waals surface area contributed by atoms with Crippen LogP contribution in [0.1, 0.15) is 36.2 Å². The van der Waals surface area contributed by atoms with Crippen LogP contribution in [0.3, 0.4) is 0 Å². The van der Waals surface area contributed by atoms with Gasteiger partial charge in [0.25, 0.3) is 0 Å².